The van der Waals surface area contributed by atoms with Crippen molar-refractivity contribution in [1.29, 1.82) is 0 Å². The summed E-state index contributed by atoms with van der Waals surface area (Å²) in [6.45, 7) is 6.46. The van der Waals surface area contributed by atoms with Gasteiger partial charge in [-0.1, -0.05) is 0 Å². The maximum absolute atomic E-state index is 12.2. The molecule has 2 amide bonds. The topological polar surface area (TPSA) is 62.3 Å². The van der Waals surface area contributed by atoms with Gasteiger partial charge in [0, 0.05) is 44.8 Å². The number of fused-ring (bicyclic) bond motifs is 3. The van der Waals surface area contributed by atoms with Crippen molar-refractivity contribution in [3.05, 3.63) is 0 Å². The van der Waals surface area contributed by atoms with Crippen LogP contribution in [0.2, 0.25) is 0 Å². The average molecular weight is 365 g/mol. The van der Waals surface area contributed by atoms with Gasteiger partial charge in [-0.15, -0.1) is 0 Å². The first-order valence-electron chi connectivity index (χ1n) is 10.3. The van der Waals surface area contributed by atoms with Crippen LogP contribution in [-0.2, 0) is 9.47 Å². The normalized spacial score (nSPS) is 32.3. The summed E-state index contributed by atoms with van der Waals surface area (Å²) in [5, 5.41) is 0. The van der Waals surface area contributed by atoms with Crippen LogP contribution in [0.25, 0.3) is 0 Å². The predicted octanol–water partition coefficient (Wildman–Crippen LogP) is 2.30. The zero-order chi connectivity index (χ0) is 18.1. The van der Waals surface area contributed by atoms with Gasteiger partial charge in [-0.3, -0.25) is 4.90 Å². The summed E-state index contributed by atoms with van der Waals surface area (Å²) in [5.74, 6) is 0.517. The molecule has 4 aliphatic heterocycles. The maximum atomic E-state index is 12.2. The molecule has 4 saturated heterocycles. The first-order valence-corrected chi connectivity index (χ1v) is 10.3. The van der Waals surface area contributed by atoms with Crippen LogP contribution in [-0.4, -0.2) is 84.4 Å². The summed E-state index contributed by atoms with van der Waals surface area (Å²) in [7, 11) is 0. The fourth-order valence-electron chi connectivity index (χ4n) is 5.07. The van der Waals surface area contributed by atoms with Gasteiger partial charge in [0.05, 0.1) is 6.61 Å². The van der Waals surface area contributed by atoms with Crippen molar-refractivity contribution in [2.24, 2.45) is 5.92 Å². The molecule has 146 valence electrons. The van der Waals surface area contributed by atoms with E-state index in [0.717, 1.165) is 58.4 Å². The van der Waals surface area contributed by atoms with Gasteiger partial charge in [0.2, 0.25) is 0 Å². The lowest BCUT2D eigenvalue weighted by Gasteiger charge is -2.55. The van der Waals surface area contributed by atoms with Gasteiger partial charge in [0.1, 0.15) is 6.10 Å². The van der Waals surface area contributed by atoms with E-state index < -0.39 is 0 Å². The SMILES string of the molecule is CCOC(=O)N1CC2CCC1CC2N1CC(OC(=O)N2CCCCC2)C1. The molecule has 0 aromatic heterocycles. The number of hydrogen-bond acceptors (Lipinski definition) is 5. The van der Waals surface area contributed by atoms with E-state index in [1.807, 2.05) is 16.7 Å². The molecule has 1 saturated carbocycles. The van der Waals surface area contributed by atoms with Crippen LogP contribution in [0.1, 0.15) is 45.4 Å². The van der Waals surface area contributed by atoms with Gasteiger partial charge in [-0.2, -0.15) is 0 Å². The summed E-state index contributed by atoms with van der Waals surface area (Å²) in [4.78, 5) is 30.6. The molecule has 1 aliphatic carbocycles. The second-order valence-electron chi connectivity index (χ2n) is 8.15. The highest BCUT2D eigenvalue weighted by Gasteiger charge is 2.48. The molecule has 0 radical (unpaired) electrons. The first kappa shape index (κ1) is 17.9. The number of likely N-dealkylation sites (tertiary alicyclic amines) is 2. The van der Waals surface area contributed by atoms with E-state index in [4.69, 9.17) is 9.47 Å². The molecule has 0 aromatic carbocycles. The Labute approximate surface area is 155 Å². The maximum Gasteiger partial charge on any atom is 0.410 e. The van der Waals surface area contributed by atoms with E-state index in [9.17, 15) is 9.59 Å². The highest BCUT2D eigenvalue weighted by atomic mass is 16.6. The number of amides is 2. The number of carbonyl (C=O) groups is 2. The number of hydrogen-bond donors (Lipinski definition) is 0. The molecule has 4 heterocycles. The molecular weight excluding hydrogens is 334 g/mol. The van der Waals surface area contributed by atoms with Crippen LogP contribution < -0.4 is 0 Å². The third-order valence-corrected chi connectivity index (χ3v) is 6.53. The Hall–Kier alpha value is -1.50. The molecule has 3 unspecified atom stereocenters. The first-order chi connectivity index (χ1) is 12.7. The second kappa shape index (κ2) is 7.62. The highest BCUT2D eigenvalue weighted by molar-refractivity contribution is 5.68. The highest BCUT2D eigenvalue weighted by Crippen LogP contribution is 2.39. The van der Waals surface area contributed by atoms with E-state index in [2.05, 4.69) is 4.90 Å². The molecule has 5 rings (SSSR count). The number of nitrogens with zero attached hydrogens (tertiary/aromatic N) is 3. The lowest BCUT2D eigenvalue weighted by Crippen LogP contribution is -2.66. The molecular formula is C19H31N3O4. The molecule has 3 atom stereocenters. The van der Waals surface area contributed by atoms with Crippen molar-refractivity contribution in [1.82, 2.24) is 14.7 Å². The Balaban J connectivity index is 1.24. The molecule has 5 aliphatic rings. The average Bonchev–Trinajstić information content (AvgIpc) is 2.65. The number of ether oxygens (including phenoxy) is 2. The van der Waals surface area contributed by atoms with Crippen LogP contribution in [0.4, 0.5) is 9.59 Å². The lowest BCUT2D eigenvalue weighted by molar-refractivity contribution is -0.0933. The summed E-state index contributed by atoms with van der Waals surface area (Å²) in [6.07, 6.45) is 6.43. The van der Waals surface area contributed by atoms with E-state index in [-0.39, 0.29) is 18.3 Å². The smallest absolute Gasteiger partial charge is 0.410 e. The molecule has 0 N–H and O–H groups in total. The van der Waals surface area contributed by atoms with Gasteiger partial charge in [0.25, 0.3) is 0 Å². The fourth-order valence-corrected chi connectivity index (χ4v) is 5.07. The van der Waals surface area contributed by atoms with Gasteiger partial charge < -0.3 is 19.3 Å². The Kier molecular flexibility index (Phi) is 5.25. The summed E-state index contributed by atoms with van der Waals surface area (Å²) < 4.78 is 10.9. The predicted molar refractivity (Wildman–Crippen MR) is 95.9 cm³/mol. The van der Waals surface area contributed by atoms with Gasteiger partial charge in [0.15, 0.2) is 0 Å². The second-order valence-corrected chi connectivity index (χ2v) is 8.15. The Morgan fingerprint density at radius 3 is 2.42 bits per heavy atom. The monoisotopic (exact) mass is 365 g/mol. The van der Waals surface area contributed by atoms with Crippen LogP contribution in [0, 0.1) is 5.92 Å². The molecule has 7 nitrogen and oxygen atoms in total. The van der Waals surface area contributed by atoms with Gasteiger partial charge in [-0.25, -0.2) is 9.59 Å². The quantitative estimate of drug-likeness (QED) is 0.768. The molecule has 26 heavy (non-hydrogen) atoms. The van der Waals surface area contributed by atoms with Crippen molar-refractivity contribution in [2.75, 3.05) is 39.3 Å². The van der Waals surface area contributed by atoms with Crippen LogP contribution >= 0.6 is 0 Å². The van der Waals surface area contributed by atoms with E-state index in [0.29, 0.717) is 24.6 Å². The van der Waals surface area contributed by atoms with Crippen LogP contribution in [0.5, 0.6) is 0 Å². The Morgan fingerprint density at radius 2 is 1.77 bits per heavy atom. The zero-order valence-corrected chi connectivity index (χ0v) is 15.8. The van der Waals surface area contributed by atoms with Crippen molar-refractivity contribution < 1.29 is 19.1 Å². The fraction of sp³-hybridized carbons (Fsp3) is 0.895. The molecule has 0 spiro atoms. The van der Waals surface area contributed by atoms with Crippen molar-refractivity contribution in [3.8, 4) is 0 Å². The van der Waals surface area contributed by atoms with Crippen molar-refractivity contribution in [3.63, 3.8) is 0 Å². The Bertz CT molecular complexity index is 531. The minimum Gasteiger partial charge on any atom is -0.450 e. The number of rotatable bonds is 3. The third kappa shape index (κ3) is 3.50. The number of carbonyl (C=O) groups excluding carboxylic acids is 2. The number of piperidine rings is 3. The van der Waals surface area contributed by atoms with Gasteiger partial charge >= 0.3 is 12.2 Å². The van der Waals surface area contributed by atoms with E-state index in [1.165, 1.54) is 12.8 Å². The summed E-state index contributed by atoms with van der Waals surface area (Å²) in [6, 6.07) is 0.823. The molecule has 7 heteroatoms. The third-order valence-electron chi connectivity index (χ3n) is 6.53. The zero-order valence-electron chi connectivity index (χ0n) is 15.8. The minimum absolute atomic E-state index is 0.0334. The van der Waals surface area contributed by atoms with Crippen LogP contribution in [0.15, 0.2) is 0 Å². The van der Waals surface area contributed by atoms with Crippen molar-refractivity contribution >= 4 is 12.2 Å². The van der Waals surface area contributed by atoms with E-state index >= 15 is 0 Å². The van der Waals surface area contributed by atoms with E-state index in [1.54, 1.807) is 0 Å². The van der Waals surface area contributed by atoms with Crippen molar-refractivity contribution in [2.45, 2.75) is 63.6 Å². The molecule has 2 bridgehead atoms. The Morgan fingerprint density at radius 1 is 1.00 bits per heavy atom. The minimum atomic E-state index is -0.155. The van der Waals surface area contributed by atoms with Gasteiger partial charge in [-0.05, 0) is 51.4 Å². The lowest BCUT2D eigenvalue weighted by atomic mass is 9.74. The summed E-state index contributed by atoms with van der Waals surface area (Å²) >= 11 is 0. The van der Waals surface area contributed by atoms with Crippen LogP contribution in [0.3, 0.4) is 0 Å². The molecule has 5 fully saturated rings. The largest absolute Gasteiger partial charge is 0.450 e. The summed E-state index contributed by atoms with van der Waals surface area (Å²) in [5.41, 5.74) is 0. The standard InChI is InChI=1S/C19H31N3O4/c1-2-25-19(24)22-11-14-6-7-15(22)10-17(14)21-12-16(13-21)26-18(23)20-8-4-3-5-9-20/h14-17H,2-13H2,1H3. The molecule has 0 aromatic rings.